The van der Waals surface area contributed by atoms with E-state index < -0.39 is 5.97 Å². The quantitative estimate of drug-likeness (QED) is 0.381. The summed E-state index contributed by atoms with van der Waals surface area (Å²) in [5.74, 6) is -0.193. The van der Waals surface area contributed by atoms with Crippen molar-refractivity contribution < 1.29 is 13.9 Å². The molecule has 0 spiro atoms. The fourth-order valence-corrected chi connectivity index (χ4v) is 2.55. The third kappa shape index (κ3) is 5.29. The van der Waals surface area contributed by atoms with Crippen LogP contribution in [0.4, 0.5) is 4.39 Å². The van der Waals surface area contributed by atoms with Crippen LogP contribution in [-0.2, 0) is 15.6 Å². The van der Waals surface area contributed by atoms with Crippen LogP contribution in [0.3, 0.4) is 0 Å². The highest BCUT2D eigenvalue weighted by atomic mass is 19.1. The van der Waals surface area contributed by atoms with Crippen molar-refractivity contribution in [3.8, 4) is 5.75 Å². The summed E-state index contributed by atoms with van der Waals surface area (Å²) in [7, 11) is 0. The summed E-state index contributed by atoms with van der Waals surface area (Å²) in [4.78, 5) is 12.2. The van der Waals surface area contributed by atoms with Gasteiger partial charge >= 0.3 is 5.97 Å². The monoisotopic (exact) mass is 354 g/mol. The summed E-state index contributed by atoms with van der Waals surface area (Å²) >= 11 is 0. The molecule has 0 radical (unpaired) electrons. The highest BCUT2D eigenvalue weighted by Gasteiger charge is 2.23. The molecular weight excluding hydrogens is 327 g/mol. The molecule has 0 N–H and O–H groups in total. The Morgan fingerprint density at radius 1 is 0.923 bits per heavy atom. The molecule has 138 valence electrons. The van der Waals surface area contributed by atoms with Gasteiger partial charge in [0.2, 0.25) is 0 Å². The Balaban J connectivity index is 2.25. The van der Waals surface area contributed by atoms with E-state index in [9.17, 15) is 9.18 Å². The average molecular weight is 354 g/mol. The molecule has 0 atom stereocenters. The SMILES string of the molecule is CC(C)(C)c1ccc(OC(=O)/C=C/c2ccc(F)cc2)c(C(C)(C)C)c1. The molecule has 3 heteroatoms. The Labute approximate surface area is 155 Å². The smallest absolute Gasteiger partial charge is 0.336 e. The van der Waals surface area contributed by atoms with Crippen molar-refractivity contribution in [1.82, 2.24) is 0 Å². The molecule has 0 saturated heterocycles. The maximum absolute atomic E-state index is 12.9. The van der Waals surface area contributed by atoms with Crippen molar-refractivity contribution in [2.45, 2.75) is 52.4 Å². The zero-order valence-electron chi connectivity index (χ0n) is 16.4. The number of ether oxygens (including phenoxy) is 1. The predicted octanol–water partition coefficient (Wildman–Crippen LogP) is 6.04. The molecule has 26 heavy (non-hydrogen) atoms. The van der Waals surface area contributed by atoms with Crippen LogP contribution in [0.2, 0.25) is 0 Å². The summed E-state index contributed by atoms with van der Waals surface area (Å²) < 4.78 is 18.5. The number of benzene rings is 2. The number of carbonyl (C=O) groups excluding carboxylic acids is 1. The van der Waals surface area contributed by atoms with Gasteiger partial charge in [0.05, 0.1) is 0 Å². The van der Waals surface area contributed by atoms with Gasteiger partial charge in [0.1, 0.15) is 11.6 Å². The van der Waals surface area contributed by atoms with Gasteiger partial charge in [-0.1, -0.05) is 65.8 Å². The molecule has 0 saturated carbocycles. The van der Waals surface area contributed by atoms with Crippen molar-refractivity contribution in [3.05, 3.63) is 71.0 Å². The summed E-state index contributed by atoms with van der Waals surface area (Å²) in [5, 5.41) is 0. The Bertz CT molecular complexity index is 804. The molecule has 2 nitrogen and oxygen atoms in total. The second kappa shape index (κ2) is 7.45. The molecule has 2 rings (SSSR count). The van der Waals surface area contributed by atoms with E-state index in [-0.39, 0.29) is 16.6 Å². The minimum atomic E-state index is -0.455. The number of rotatable bonds is 3. The maximum atomic E-state index is 12.9. The van der Waals surface area contributed by atoms with E-state index in [0.717, 1.165) is 11.1 Å². The van der Waals surface area contributed by atoms with Crippen molar-refractivity contribution in [3.63, 3.8) is 0 Å². The zero-order chi connectivity index (χ0) is 19.5. The van der Waals surface area contributed by atoms with Crippen molar-refractivity contribution in [2.24, 2.45) is 0 Å². The van der Waals surface area contributed by atoms with E-state index in [4.69, 9.17) is 4.74 Å². The first-order valence-electron chi connectivity index (χ1n) is 8.77. The molecule has 2 aromatic rings. The number of hydrogen-bond acceptors (Lipinski definition) is 2. The Kier molecular flexibility index (Phi) is 5.70. The van der Waals surface area contributed by atoms with E-state index in [1.165, 1.54) is 23.8 Å². The number of halogens is 1. The van der Waals surface area contributed by atoms with E-state index in [1.54, 1.807) is 18.2 Å². The van der Waals surface area contributed by atoms with Crippen LogP contribution in [0.1, 0.15) is 58.2 Å². The van der Waals surface area contributed by atoms with Gasteiger partial charge in [-0.25, -0.2) is 9.18 Å². The lowest BCUT2D eigenvalue weighted by atomic mass is 9.80. The van der Waals surface area contributed by atoms with Crippen LogP contribution in [0.15, 0.2) is 48.5 Å². The molecule has 0 heterocycles. The summed E-state index contributed by atoms with van der Waals surface area (Å²) in [6, 6.07) is 11.9. The van der Waals surface area contributed by atoms with E-state index >= 15 is 0 Å². The minimum Gasteiger partial charge on any atom is -0.423 e. The molecule has 2 aromatic carbocycles. The van der Waals surface area contributed by atoms with E-state index in [2.05, 4.69) is 47.6 Å². The van der Waals surface area contributed by atoms with Gasteiger partial charge in [0.15, 0.2) is 0 Å². The van der Waals surface area contributed by atoms with Gasteiger partial charge in [-0.2, -0.15) is 0 Å². The van der Waals surface area contributed by atoms with Crippen LogP contribution < -0.4 is 4.74 Å². The minimum absolute atomic E-state index is 0.0189. The molecule has 0 aliphatic rings. The van der Waals surface area contributed by atoms with Gasteiger partial charge in [-0.15, -0.1) is 0 Å². The van der Waals surface area contributed by atoms with Gasteiger partial charge in [-0.3, -0.25) is 0 Å². The molecule has 0 unspecified atom stereocenters. The zero-order valence-corrected chi connectivity index (χ0v) is 16.4. The first kappa shape index (κ1) is 19.9. The van der Waals surface area contributed by atoms with Crippen LogP contribution in [0, 0.1) is 5.82 Å². The molecule has 0 bridgehead atoms. The van der Waals surface area contributed by atoms with Crippen LogP contribution in [0.25, 0.3) is 6.08 Å². The summed E-state index contributed by atoms with van der Waals surface area (Å²) in [5.41, 5.74) is 2.79. The van der Waals surface area contributed by atoms with Crippen LogP contribution in [0.5, 0.6) is 5.75 Å². The molecule has 0 aliphatic carbocycles. The Morgan fingerprint density at radius 2 is 1.54 bits per heavy atom. The lowest BCUT2D eigenvalue weighted by Gasteiger charge is -2.26. The van der Waals surface area contributed by atoms with Gasteiger partial charge in [0.25, 0.3) is 0 Å². The fraction of sp³-hybridized carbons (Fsp3) is 0.348. The average Bonchev–Trinajstić information content (AvgIpc) is 2.52. The summed E-state index contributed by atoms with van der Waals surface area (Å²) in [6.45, 7) is 12.8. The lowest BCUT2D eigenvalue weighted by Crippen LogP contribution is -2.18. The number of esters is 1. The summed E-state index contributed by atoms with van der Waals surface area (Å²) in [6.07, 6.45) is 2.97. The van der Waals surface area contributed by atoms with Crippen LogP contribution >= 0.6 is 0 Å². The van der Waals surface area contributed by atoms with Crippen LogP contribution in [-0.4, -0.2) is 5.97 Å². The van der Waals surface area contributed by atoms with Gasteiger partial charge in [0, 0.05) is 11.6 Å². The molecule has 0 aliphatic heterocycles. The standard InChI is InChI=1S/C23H27FO2/c1-22(2,3)17-10-13-20(19(15-17)23(4,5)6)26-21(25)14-9-16-7-11-18(24)12-8-16/h7-15H,1-6H3/b14-9+. The molecule has 0 fully saturated rings. The topological polar surface area (TPSA) is 26.3 Å². The number of hydrogen-bond donors (Lipinski definition) is 0. The van der Waals surface area contributed by atoms with Crippen molar-refractivity contribution >= 4 is 12.0 Å². The Morgan fingerprint density at radius 3 is 2.08 bits per heavy atom. The van der Waals surface area contributed by atoms with Crippen molar-refractivity contribution in [1.29, 1.82) is 0 Å². The fourth-order valence-electron chi connectivity index (χ4n) is 2.55. The maximum Gasteiger partial charge on any atom is 0.336 e. The third-order valence-electron chi connectivity index (χ3n) is 4.15. The highest BCUT2D eigenvalue weighted by molar-refractivity contribution is 5.88. The third-order valence-corrected chi connectivity index (χ3v) is 4.15. The largest absolute Gasteiger partial charge is 0.423 e. The van der Waals surface area contributed by atoms with Crippen molar-refractivity contribution in [2.75, 3.05) is 0 Å². The van der Waals surface area contributed by atoms with E-state index in [1.807, 2.05) is 12.1 Å². The first-order valence-corrected chi connectivity index (χ1v) is 8.77. The number of carbonyl (C=O) groups is 1. The second-order valence-electron chi connectivity index (χ2n) is 8.52. The highest BCUT2D eigenvalue weighted by Crippen LogP contribution is 2.35. The first-order chi connectivity index (χ1) is 12.0. The van der Waals surface area contributed by atoms with Gasteiger partial charge < -0.3 is 4.74 Å². The molecule has 0 aromatic heterocycles. The Hall–Kier alpha value is -2.42. The predicted molar refractivity (Wildman–Crippen MR) is 105 cm³/mol. The molecule has 0 amide bonds. The lowest BCUT2D eigenvalue weighted by molar-refractivity contribution is -0.128. The molecular formula is C23H27FO2. The van der Waals surface area contributed by atoms with Gasteiger partial charge in [-0.05, 0) is 46.2 Å². The van der Waals surface area contributed by atoms with E-state index in [0.29, 0.717) is 5.75 Å². The normalized spacial score (nSPS) is 12.4. The second-order valence-corrected chi connectivity index (χ2v) is 8.52.